The van der Waals surface area contributed by atoms with Crippen molar-refractivity contribution in [1.82, 2.24) is 0 Å². The Morgan fingerprint density at radius 2 is 2.00 bits per heavy atom. The number of halogens is 2. The quantitative estimate of drug-likeness (QED) is 0.702. The maximum atomic E-state index is 13.5. The number of methoxy groups -OCH3 is 1. The van der Waals surface area contributed by atoms with Gasteiger partial charge in [0.1, 0.15) is 17.3 Å². The summed E-state index contributed by atoms with van der Waals surface area (Å²) < 4.78 is 31.7. The van der Waals surface area contributed by atoms with Gasteiger partial charge in [0.15, 0.2) is 0 Å². The van der Waals surface area contributed by atoms with E-state index in [1.54, 1.807) is 0 Å². The molecule has 1 aromatic carbocycles. The Hall–Kier alpha value is -1.73. The van der Waals surface area contributed by atoms with Crippen LogP contribution in [-0.2, 0) is 4.74 Å². The van der Waals surface area contributed by atoms with Crippen molar-refractivity contribution in [3.63, 3.8) is 0 Å². The van der Waals surface area contributed by atoms with Gasteiger partial charge in [-0.15, -0.1) is 0 Å². The van der Waals surface area contributed by atoms with Crippen LogP contribution in [0.2, 0.25) is 0 Å². The van der Waals surface area contributed by atoms with Crippen molar-refractivity contribution in [2.75, 3.05) is 25.6 Å². The predicted octanol–water partition coefficient (Wildman–Crippen LogP) is 1.47. The van der Waals surface area contributed by atoms with Crippen LogP contribution in [0, 0.1) is 11.6 Å². The number of aliphatic hydroxyl groups is 1. The van der Waals surface area contributed by atoms with Gasteiger partial charge in [0, 0.05) is 13.7 Å². The van der Waals surface area contributed by atoms with E-state index in [9.17, 15) is 18.7 Å². The molecule has 0 fully saturated rings. The number of nitrogens with one attached hydrogen (secondary N) is 1. The van der Waals surface area contributed by atoms with E-state index in [0.29, 0.717) is 0 Å². The molecule has 19 heavy (non-hydrogen) atoms. The number of hydrogen-bond donors (Lipinski definition) is 3. The monoisotopic (exact) mass is 275 g/mol. The van der Waals surface area contributed by atoms with E-state index < -0.39 is 35.0 Å². The number of ether oxygens (including phenoxy) is 1. The van der Waals surface area contributed by atoms with Crippen LogP contribution in [0.4, 0.5) is 14.5 Å². The first-order valence-electron chi connectivity index (χ1n) is 5.59. The number of carboxylic acids is 1. The van der Waals surface area contributed by atoms with Crippen molar-refractivity contribution in [3.05, 3.63) is 29.3 Å². The number of carbonyl (C=O) groups is 1. The Kier molecular flexibility index (Phi) is 5.65. The molecule has 0 aliphatic rings. The summed E-state index contributed by atoms with van der Waals surface area (Å²) in [4.78, 5) is 10.6. The minimum absolute atomic E-state index is 0.130. The molecule has 0 saturated carbocycles. The van der Waals surface area contributed by atoms with Crippen molar-refractivity contribution in [2.45, 2.75) is 12.5 Å². The van der Waals surface area contributed by atoms with Gasteiger partial charge in [-0.05, 0) is 18.6 Å². The standard InChI is InChI=1S/C12H15F2NO4/c1-19-6-8(16)2-3-15-11-9(13)4-7(12(17)18)5-10(11)14/h4-5,8,15-16H,2-3,6H2,1H3,(H,17,18). The second kappa shape index (κ2) is 7.01. The van der Waals surface area contributed by atoms with Gasteiger partial charge < -0.3 is 20.3 Å². The maximum Gasteiger partial charge on any atom is 0.335 e. The first-order valence-corrected chi connectivity index (χ1v) is 5.59. The number of hydrogen-bond acceptors (Lipinski definition) is 4. The Morgan fingerprint density at radius 3 is 2.47 bits per heavy atom. The first kappa shape index (κ1) is 15.3. The third-order valence-electron chi connectivity index (χ3n) is 2.43. The van der Waals surface area contributed by atoms with Crippen molar-refractivity contribution in [1.29, 1.82) is 0 Å². The Morgan fingerprint density at radius 1 is 1.42 bits per heavy atom. The highest BCUT2D eigenvalue weighted by Crippen LogP contribution is 2.20. The molecule has 0 radical (unpaired) electrons. The fourth-order valence-corrected chi connectivity index (χ4v) is 1.50. The Labute approximate surface area is 108 Å². The molecule has 5 nitrogen and oxygen atoms in total. The maximum absolute atomic E-state index is 13.5. The zero-order valence-corrected chi connectivity index (χ0v) is 10.3. The van der Waals surface area contributed by atoms with Crippen LogP contribution >= 0.6 is 0 Å². The van der Waals surface area contributed by atoms with Crippen LogP contribution in [0.5, 0.6) is 0 Å². The number of benzene rings is 1. The van der Waals surface area contributed by atoms with E-state index >= 15 is 0 Å². The number of carboxylic acid groups (broad SMARTS) is 1. The number of aliphatic hydroxyl groups excluding tert-OH is 1. The van der Waals surface area contributed by atoms with Gasteiger partial charge >= 0.3 is 5.97 Å². The average Bonchev–Trinajstić information content (AvgIpc) is 2.32. The van der Waals surface area contributed by atoms with Crippen molar-refractivity contribution in [2.24, 2.45) is 0 Å². The Balaban J connectivity index is 2.66. The van der Waals surface area contributed by atoms with Crippen LogP contribution in [-0.4, -0.2) is 42.5 Å². The lowest BCUT2D eigenvalue weighted by Crippen LogP contribution is -2.19. The van der Waals surface area contributed by atoms with Gasteiger partial charge in [0.2, 0.25) is 0 Å². The van der Waals surface area contributed by atoms with E-state index in [4.69, 9.17) is 9.84 Å². The molecule has 1 rings (SSSR count). The zero-order valence-electron chi connectivity index (χ0n) is 10.3. The largest absolute Gasteiger partial charge is 0.478 e. The SMILES string of the molecule is COCC(O)CCNc1c(F)cc(C(=O)O)cc1F. The van der Waals surface area contributed by atoms with Gasteiger partial charge in [-0.2, -0.15) is 0 Å². The van der Waals surface area contributed by atoms with Crippen LogP contribution < -0.4 is 5.32 Å². The molecular formula is C12H15F2NO4. The summed E-state index contributed by atoms with van der Waals surface area (Å²) >= 11 is 0. The molecule has 3 N–H and O–H groups in total. The molecule has 1 atom stereocenters. The minimum atomic E-state index is -1.40. The lowest BCUT2D eigenvalue weighted by atomic mass is 10.2. The van der Waals surface area contributed by atoms with Gasteiger partial charge in [-0.1, -0.05) is 0 Å². The van der Waals surface area contributed by atoms with Crippen LogP contribution in [0.15, 0.2) is 12.1 Å². The van der Waals surface area contributed by atoms with E-state index in [1.807, 2.05) is 0 Å². The van der Waals surface area contributed by atoms with E-state index in [-0.39, 0.29) is 19.6 Å². The minimum Gasteiger partial charge on any atom is -0.478 e. The van der Waals surface area contributed by atoms with Crippen LogP contribution in [0.3, 0.4) is 0 Å². The molecule has 1 unspecified atom stereocenters. The third-order valence-corrected chi connectivity index (χ3v) is 2.43. The molecule has 1 aromatic rings. The van der Waals surface area contributed by atoms with Gasteiger partial charge in [0.25, 0.3) is 0 Å². The summed E-state index contributed by atoms with van der Waals surface area (Å²) in [5, 5.41) is 20.5. The third kappa shape index (κ3) is 4.46. The molecule has 106 valence electrons. The van der Waals surface area contributed by atoms with Crippen molar-refractivity contribution < 1.29 is 28.5 Å². The molecule has 0 saturated heterocycles. The molecule has 0 amide bonds. The van der Waals surface area contributed by atoms with Crippen molar-refractivity contribution >= 4 is 11.7 Å². The summed E-state index contributed by atoms with van der Waals surface area (Å²) in [7, 11) is 1.43. The van der Waals surface area contributed by atoms with Crippen LogP contribution in [0.1, 0.15) is 16.8 Å². The highest BCUT2D eigenvalue weighted by atomic mass is 19.1. The summed E-state index contributed by atoms with van der Waals surface area (Å²) in [5.41, 5.74) is -0.866. The van der Waals surface area contributed by atoms with Crippen LogP contribution in [0.25, 0.3) is 0 Å². The lowest BCUT2D eigenvalue weighted by molar-refractivity contribution is 0.0615. The first-order chi connectivity index (χ1) is 8.95. The molecule has 0 aliphatic carbocycles. The summed E-state index contributed by atoms with van der Waals surface area (Å²) in [6.45, 7) is 0.259. The number of anilines is 1. The molecule has 0 aliphatic heterocycles. The fraction of sp³-hybridized carbons (Fsp3) is 0.417. The predicted molar refractivity (Wildman–Crippen MR) is 64.3 cm³/mol. The molecule has 0 aromatic heterocycles. The topological polar surface area (TPSA) is 78.8 Å². The number of aromatic carboxylic acids is 1. The highest BCUT2D eigenvalue weighted by molar-refractivity contribution is 5.88. The number of rotatable bonds is 7. The van der Waals surface area contributed by atoms with Gasteiger partial charge in [0.05, 0.1) is 18.3 Å². The van der Waals surface area contributed by atoms with E-state index in [1.165, 1.54) is 7.11 Å². The summed E-state index contributed by atoms with van der Waals surface area (Å²) in [6, 6.07) is 1.47. The lowest BCUT2D eigenvalue weighted by Gasteiger charge is -2.12. The molecule has 0 bridgehead atoms. The molecule has 0 heterocycles. The average molecular weight is 275 g/mol. The second-order valence-corrected chi connectivity index (χ2v) is 3.94. The molecule has 0 spiro atoms. The summed E-state index contributed by atoms with van der Waals surface area (Å²) in [5.74, 6) is -3.38. The van der Waals surface area contributed by atoms with E-state index in [0.717, 1.165) is 12.1 Å². The normalized spacial score (nSPS) is 12.2. The molecular weight excluding hydrogens is 260 g/mol. The van der Waals surface area contributed by atoms with E-state index in [2.05, 4.69) is 5.32 Å². The fourth-order valence-electron chi connectivity index (χ4n) is 1.50. The molecule has 7 heteroatoms. The van der Waals surface area contributed by atoms with Crippen molar-refractivity contribution in [3.8, 4) is 0 Å². The smallest absolute Gasteiger partial charge is 0.335 e. The highest BCUT2D eigenvalue weighted by Gasteiger charge is 2.14. The summed E-state index contributed by atoms with van der Waals surface area (Å²) in [6.07, 6.45) is -0.491. The van der Waals surface area contributed by atoms with Gasteiger partial charge in [-0.25, -0.2) is 13.6 Å². The Bertz CT molecular complexity index is 430. The zero-order chi connectivity index (χ0) is 14.4. The second-order valence-electron chi connectivity index (χ2n) is 3.94. The van der Waals surface area contributed by atoms with Gasteiger partial charge in [-0.3, -0.25) is 0 Å².